The third kappa shape index (κ3) is 2.79. The van der Waals surface area contributed by atoms with Gasteiger partial charge in [-0.2, -0.15) is 5.26 Å². The van der Waals surface area contributed by atoms with Crippen LogP contribution in [0.3, 0.4) is 0 Å². The van der Waals surface area contributed by atoms with Gasteiger partial charge in [0, 0.05) is 6.04 Å². The predicted octanol–water partition coefficient (Wildman–Crippen LogP) is 2.52. The summed E-state index contributed by atoms with van der Waals surface area (Å²) in [5, 5.41) is 11.8. The second kappa shape index (κ2) is 5.08. The quantitative estimate of drug-likeness (QED) is 0.870. The molecule has 1 heterocycles. The monoisotopic (exact) mass is 224 g/mol. The number of rotatable bonds is 3. The molecular weight excluding hydrogens is 212 g/mol. The summed E-state index contributed by atoms with van der Waals surface area (Å²) in [7, 11) is 0. The molecule has 0 saturated heterocycles. The third-order valence-electron chi connectivity index (χ3n) is 2.43. The molecule has 1 N–H and O–H groups in total. The lowest BCUT2D eigenvalue weighted by Gasteiger charge is -2.14. The van der Waals surface area contributed by atoms with Crippen LogP contribution in [0.4, 0.5) is 5.82 Å². The Morgan fingerprint density at radius 3 is 2.53 bits per heavy atom. The minimum Gasteiger partial charge on any atom is -0.362 e. The zero-order chi connectivity index (χ0) is 12.1. The van der Waals surface area contributed by atoms with Crippen LogP contribution in [-0.2, 0) is 0 Å². The minimum atomic E-state index is 0.151. The molecule has 0 fully saturated rings. The molecule has 2 rings (SSSR count). The molecule has 1 atom stereocenters. The topological polar surface area (TPSA) is 61.6 Å². The van der Waals surface area contributed by atoms with E-state index >= 15 is 0 Å². The first-order valence-electron chi connectivity index (χ1n) is 5.33. The van der Waals surface area contributed by atoms with Crippen molar-refractivity contribution in [1.82, 2.24) is 9.97 Å². The van der Waals surface area contributed by atoms with Crippen LogP contribution in [0.2, 0.25) is 0 Å². The number of hydrogen-bond acceptors (Lipinski definition) is 4. The van der Waals surface area contributed by atoms with Gasteiger partial charge in [0.05, 0.1) is 12.4 Å². The Hall–Kier alpha value is -2.41. The van der Waals surface area contributed by atoms with Crippen molar-refractivity contribution in [3.63, 3.8) is 0 Å². The molecule has 0 spiro atoms. The van der Waals surface area contributed by atoms with Crippen LogP contribution in [-0.4, -0.2) is 9.97 Å². The van der Waals surface area contributed by atoms with Gasteiger partial charge >= 0.3 is 0 Å². The fourth-order valence-electron chi connectivity index (χ4n) is 1.51. The summed E-state index contributed by atoms with van der Waals surface area (Å²) >= 11 is 0. The van der Waals surface area contributed by atoms with E-state index in [1.807, 2.05) is 24.3 Å². The predicted molar refractivity (Wildman–Crippen MR) is 65.2 cm³/mol. The number of anilines is 1. The van der Waals surface area contributed by atoms with E-state index in [-0.39, 0.29) is 6.04 Å². The van der Waals surface area contributed by atoms with Gasteiger partial charge in [0.15, 0.2) is 5.69 Å². The van der Waals surface area contributed by atoms with Crippen LogP contribution in [0.15, 0.2) is 42.7 Å². The Bertz CT molecular complexity index is 513. The second-order valence-corrected chi connectivity index (χ2v) is 3.68. The average molecular weight is 224 g/mol. The molecule has 0 bridgehead atoms. The van der Waals surface area contributed by atoms with Crippen molar-refractivity contribution in [3.8, 4) is 6.07 Å². The molecule has 0 aliphatic rings. The largest absolute Gasteiger partial charge is 0.362 e. The van der Waals surface area contributed by atoms with Crippen LogP contribution >= 0.6 is 0 Å². The van der Waals surface area contributed by atoms with Crippen molar-refractivity contribution < 1.29 is 0 Å². The molecule has 4 heteroatoms. The molecular formula is C13H12N4. The third-order valence-corrected chi connectivity index (χ3v) is 2.43. The summed E-state index contributed by atoms with van der Waals surface area (Å²) in [4.78, 5) is 8.08. The summed E-state index contributed by atoms with van der Waals surface area (Å²) < 4.78 is 0. The summed E-state index contributed by atoms with van der Waals surface area (Å²) in [6, 6.07) is 12.2. The standard InChI is InChI=1S/C13H12N4/c1-10(11-5-3-2-4-6-11)17-13-9-15-12(7-14)8-16-13/h2-6,8-10H,1H3,(H,16,17). The number of hydrogen-bond donors (Lipinski definition) is 1. The fourth-order valence-corrected chi connectivity index (χ4v) is 1.51. The molecule has 2 aromatic rings. The molecule has 4 nitrogen and oxygen atoms in total. The van der Waals surface area contributed by atoms with Crippen molar-refractivity contribution >= 4 is 5.82 Å². The molecule has 1 aromatic heterocycles. The molecule has 0 saturated carbocycles. The van der Waals surface area contributed by atoms with Crippen molar-refractivity contribution in [2.75, 3.05) is 5.32 Å². The number of nitrogens with zero attached hydrogens (tertiary/aromatic N) is 3. The van der Waals surface area contributed by atoms with E-state index in [9.17, 15) is 0 Å². The molecule has 1 unspecified atom stereocenters. The molecule has 0 aliphatic carbocycles. The highest BCUT2D eigenvalue weighted by Gasteiger charge is 2.05. The molecule has 17 heavy (non-hydrogen) atoms. The van der Waals surface area contributed by atoms with E-state index in [0.29, 0.717) is 11.5 Å². The maximum atomic E-state index is 8.62. The van der Waals surface area contributed by atoms with Crippen LogP contribution in [0.25, 0.3) is 0 Å². The van der Waals surface area contributed by atoms with E-state index in [1.54, 1.807) is 6.20 Å². The zero-order valence-electron chi connectivity index (χ0n) is 9.46. The van der Waals surface area contributed by atoms with Crippen molar-refractivity contribution in [2.45, 2.75) is 13.0 Å². The van der Waals surface area contributed by atoms with Crippen LogP contribution in [0.1, 0.15) is 24.2 Å². The molecule has 1 aromatic carbocycles. The number of nitriles is 1. The molecule has 0 aliphatic heterocycles. The lowest BCUT2D eigenvalue weighted by Crippen LogP contribution is -2.08. The first-order valence-corrected chi connectivity index (χ1v) is 5.33. The van der Waals surface area contributed by atoms with Crippen molar-refractivity contribution in [2.24, 2.45) is 0 Å². The summed E-state index contributed by atoms with van der Waals surface area (Å²) in [6.45, 7) is 2.05. The zero-order valence-corrected chi connectivity index (χ0v) is 9.46. The number of nitrogens with one attached hydrogen (secondary N) is 1. The van der Waals surface area contributed by atoms with Crippen LogP contribution in [0, 0.1) is 11.3 Å². The van der Waals surface area contributed by atoms with Gasteiger partial charge in [0.25, 0.3) is 0 Å². The van der Waals surface area contributed by atoms with E-state index in [1.165, 1.54) is 11.8 Å². The van der Waals surface area contributed by atoms with Gasteiger partial charge in [-0.3, -0.25) is 0 Å². The highest BCUT2D eigenvalue weighted by atomic mass is 15.0. The van der Waals surface area contributed by atoms with Gasteiger partial charge in [-0.05, 0) is 12.5 Å². The van der Waals surface area contributed by atoms with Crippen molar-refractivity contribution in [1.29, 1.82) is 5.26 Å². The molecule has 0 amide bonds. The number of benzene rings is 1. The summed E-state index contributed by atoms with van der Waals surface area (Å²) in [5.74, 6) is 0.667. The van der Waals surface area contributed by atoms with E-state index < -0.39 is 0 Å². The Morgan fingerprint density at radius 2 is 1.94 bits per heavy atom. The highest BCUT2D eigenvalue weighted by molar-refractivity contribution is 5.37. The first-order chi connectivity index (χ1) is 8.29. The van der Waals surface area contributed by atoms with Gasteiger partial charge in [0.1, 0.15) is 11.9 Å². The Balaban J connectivity index is 2.08. The molecule has 0 radical (unpaired) electrons. The van der Waals surface area contributed by atoms with Crippen LogP contribution in [0.5, 0.6) is 0 Å². The van der Waals surface area contributed by atoms with E-state index in [0.717, 1.165) is 0 Å². The Morgan fingerprint density at radius 1 is 1.18 bits per heavy atom. The van der Waals surface area contributed by atoms with Gasteiger partial charge in [0.2, 0.25) is 0 Å². The van der Waals surface area contributed by atoms with Crippen LogP contribution < -0.4 is 5.32 Å². The average Bonchev–Trinajstić information content (AvgIpc) is 2.40. The Kier molecular flexibility index (Phi) is 3.31. The maximum Gasteiger partial charge on any atom is 0.158 e. The van der Waals surface area contributed by atoms with Gasteiger partial charge in [-0.25, -0.2) is 9.97 Å². The SMILES string of the molecule is CC(Nc1cnc(C#N)cn1)c1ccccc1. The summed E-state index contributed by atoms with van der Waals surface area (Å²) in [6.07, 6.45) is 3.03. The summed E-state index contributed by atoms with van der Waals surface area (Å²) in [5.41, 5.74) is 1.50. The lowest BCUT2D eigenvalue weighted by atomic mass is 10.1. The second-order valence-electron chi connectivity index (χ2n) is 3.68. The number of aromatic nitrogens is 2. The fraction of sp³-hybridized carbons (Fsp3) is 0.154. The van der Waals surface area contributed by atoms with E-state index in [4.69, 9.17) is 5.26 Å². The highest BCUT2D eigenvalue weighted by Crippen LogP contribution is 2.16. The minimum absolute atomic E-state index is 0.151. The van der Waals surface area contributed by atoms with E-state index in [2.05, 4.69) is 34.3 Å². The van der Waals surface area contributed by atoms with Gasteiger partial charge < -0.3 is 5.32 Å². The van der Waals surface area contributed by atoms with Gasteiger partial charge in [-0.1, -0.05) is 30.3 Å². The Labute approximate surface area is 100.0 Å². The molecule has 84 valence electrons. The maximum absolute atomic E-state index is 8.62. The normalized spacial score (nSPS) is 11.5. The van der Waals surface area contributed by atoms with Gasteiger partial charge in [-0.15, -0.1) is 0 Å². The van der Waals surface area contributed by atoms with Crippen molar-refractivity contribution in [3.05, 3.63) is 54.0 Å². The lowest BCUT2D eigenvalue weighted by molar-refractivity contribution is 0.871. The smallest absolute Gasteiger partial charge is 0.158 e. The first kappa shape index (κ1) is 11.1.